The van der Waals surface area contributed by atoms with E-state index in [1.807, 2.05) is 6.07 Å². The summed E-state index contributed by atoms with van der Waals surface area (Å²) in [6.45, 7) is 2.11. The summed E-state index contributed by atoms with van der Waals surface area (Å²) in [5.74, 6) is 0.135. The molecular formula is C16H21NO3. The molecule has 2 rings (SSSR count). The lowest BCUT2D eigenvalue weighted by Gasteiger charge is -2.03. The first-order chi connectivity index (χ1) is 9.54. The van der Waals surface area contributed by atoms with Crippen molar-refractivity contribution in [2.45, 2.75) is 32.6 Å². The fourth-order valence-corrected chi connectivity index (χ4v) is 2.65. The molecule has 108 valence electrons. The molecule has 0 aliphatic heterocycles. The van der Waals surface area contributed by atoms with E-state index in [1.165, 1.54) is 22.2 Å². The second kappa shape index (κ2) is 5.99. The number of benzene rings is 1. The Morgan fingerprint density at radius 1 is 1.35 bits per heavy atom. The molecule has 0 fully saturated rings. The van der Waals surface area contributed by atoms with Crippen LogP contribution in [0, 0.1) is 6.92 Å². The van der Waals surface area contributed by atoms with Crippen LogP contribution in [0.5, 0.6) is 5.75 Å². The number of aliphatic carboxylic acids is 1. The second-order valence-corrected chi connectivity index (χ2v) is 5.11. The highest BCUT2D eigenvalue weighted by atomic mass is 16.5. The predicted octanol–water partition coefficient (Wildman–Crippen LogP) is 3.29. The molecule has 4 nitrogen and oxygen atoms in total. The number of carboxylic acid groups (broad SMARTS) is 1. The molecular weight excluding hydrogens is 254 g/mol. The maximum Gasteiger partial charge on any atom is 0.303 e. The minimum Gasteiger partial charge on any atom is -0.497 e. The first kappa shape index (κ1) is 14.4. The Morgan fingerprint density at radius 2 is 2.10 bits per heavy atom. The average molecular weight is 275 g/mol. The van der Waals surface area contributed by atoms with Crippen LogP contribution in [0.3, 0.4) is 0 Å². The number of methoxy groups -OCH3 is 1. The molecule has 1 aromatic heterocycles. The number of unbranched alkanes of at least 4 members (excludes halogenated alkanes) is 1. The normalized spacial score (nSPS) is 10.9. The van der Waals surface area contributed by atoms with Crippen molar-refractivity contribution in [3.05, 3.63) is 29.5 Å². The van der Waals surface area contributed by atoms with E-state index in [0.29, 0.717) is 0 Å². The van der Waals surface area contributed by atoms with Crippen LogP contribution < -0.4 is 4.74 Å². The summed E-state index contributed by atoms with van der Waals surface area (Å²) in [5, 5.41) is 9.90. The standard InChI is InChI=1S/C16H21NO3/c1-11-13(6-4-5-7-16(18)19)14-10-12(20-3)8-9-15(14)17(11)2/h8-10H,4-7H2,1-3H3,(H,18,19). The van der Waals surface area contributed by atoms with E-state index in [0.717, 1.165) is 25.0 Å². The molecule has 0 saturated heterocycles. The maximum absolute atomic E-state index is 10.6. The molecule has 0 amide bonds. The van der Waals surface area contributed by atoms with Gasteiger partial charge in [-0.25, -0.2) is 0 Å². The topological polar surface area (TPSA) is 51.5 Å². The zero-order valence-corrected chi connectivity index (χ0v) is 12.3. The van der Waals surface area contributed by atoms with Crippen molar-refractivity contribution in [3.63, 3.8) is 0 Å². The Hall–Kier alpha value is -1.97. The van der Waals surface area contributed by atoms with Gasteiger partial charge in [0.2, 0.25) is 0 Å². The lowest BCUT2D eigenvalue weighted by Crippen LogP contribution is -1.96. The van der Waals surface area contributed by atoms with Gasteiger partial charge in [0.25, 0.3) is 0 Å². The molecule has 0 unspecified atom stereocenters. The Kier molecular flexibility index (Phi) is 4.32. The molecule has 20 heavy (non-hydrogen) atoms. The zero-order chi connectivity index (χ0) is 14.7. The number of aromatic nitrogens is 1. The summed E-state index contributed by atoms with van der Waals surface area (Å²) in [6, 6.07) is 6.10. The quantitative estimate of drug-likeness (QED) is 0.823. The van der Waals surface area contributed by atoms with Gasteiger partial charge in [-0.1, -0.05) is 0 Å². The van der Waals surface area contributed by atoms with Crippen LogP contribution in [0.15, 0.2) is 18.2 Å². The van der Waals surface area contributed by atoms with Crippen LogP contribution in [0.25, 0.3) is 10.9 Å². The van der Waals surface area contributed by atoms with Gasteiger partial charge in [-0.3, -0.25) is 4.79 Å². The van der Waals surface area contributed by atoms with Crippen molar-refractivity contribution in [1.29, 1.82) is 0 Å². The Balaban J connectivity index is 2.26. The Labute approximate surface area is 119 Å². The number of ether oxygens (including phenoxy) is 1. The number of rotatable bonds is 6. The van der Waals surface area contributed by atoms with Crippen molar-refractivity contribution in [2.24, 2.45) is 7.05 Å². The number of aryl methyl sites for hydroxylation is 2. The van der Waals surface area contributed by atoms with Crippen molar-refractivity contribution < 1.29 is 14.6 Å². The smallest absolute Gasteiger partial charge is 0.303 e. The number of hydrogen-bond donors (Lipinski definition) is 1. The molecule has 0 saturated carbocycles. The van der Waals surface area contributed by atoms with Gasteiger partial charge in [-0.05, 0) is 49.9 Å². The molecule has 0 radical (unpaired) electrons. The third kappa shape index (κ3) is 2.79. The van der Waals surface area contributed by atoms with Gasteiger partial charge in [-0.15, -0.1) is 0 Å². The minimum atomic E-state index is -0.721. The number of carboxylic acids is 1. The highest BCUT2D eigenvalue weighted by Crippen LogP contribution is 2.29. The molecule has 0 spiro atoms. The molecule has 2 aromatic rings. The van der Waals surface area contributed by atoms with Crippen LogP contribution in [0.4, 0.5) is 0 Å². The van der Waals surface area contributed by atoms with Gasteiger partial charge < -0.3 is 14.4 Å². The van der Waals surface area contributed by atoms with Gasteiger partial charge in [0.1, 0.15) is 5.75 Å². The van der Waals surface area contributed by atoms with E-state index in [4.69, 9.17) is 9.84 Å². The molecule has 1 aromatic carbocycles. The van der Waals surface area contributed by atoms with Crippen molar-refractivity contribution in [2.75, 3.05) is 7.11 Å². The molecule has 0 bridgehead atoms. The van der Waals surface area contributed by atoms with E-state index in [9.17, 15) is 4.79 Å². The van der Waals surface area contributed by atoms with Crippen LogP contribution >= 0.6 is 0 Å². The SMILES string of the molecule is COc1ccc2c(c1)c(CCCCC(=O)O)c(C)n2C. The van der Waals surface area contributed by atoms with Gasteiger partial charge in [-0.2, -0.15) is 0 Å². The Bertz CT molecular complexity index is 628. The Morgan fingerprint density at radius 3 is 2.75 bits per heavy atom. The molecule has 0 atom stereocenters. The third-order valence-corrected chi connectivity index (χ3v) is 3.90. The van der Waals surface area contributed by atoms with E-state index < -0.39 is 5.97 Å². The lowest BCUT2D eigenvalue weighted by molar-refractivity contribution is -0.137. The number of nitrogens with zero attached hydrogens (tertiary/aromatic N) is 1. The third-order valence-electron chi connectivity index (χ3n) is 3.90. The first-order valence-electron chi connectivity index (χ1n) is 6.88. The van der Waals surface area contributed by atoms with Crippen LogP contribution in [-0.4, -0.2) is 22.8 Å². The molecule has 4 heteroatoms. The monoisotopic (exact) mass is 275 g/mol. The van der Waals surface area contributed by atoms with E-state index in [-0.39, 0.29) is 6.42 Å². The van der Waals surface area contributed by atoms with Gasteiger partial charge >= 0.3 is 5.97 Å². The summed E-state index contributed by atoms with van der Waals surface area (Å²) >= 11 is 0. The summed E-state index contributed by atoms with van der Waals surface area (Å²) < 4.78 is 7.48. The highest BCUT2D eigenvalue weighted by Gasteiger charge is 2.12. The van der Waals surface area contributed by atoms with Crippen LogP contribution in [-0.2, 0) is 18.3 Å². The number of carbonyl (C=O) groups is 1. The number of fused-ring (bicyclic) bond motifs is 1. The van der Waals surface area contributed by atoms with Crippen molar-refractivity contribution >= 4 is 16.9 Å². The highest BCUT2D eigenvalue weighted by molar-refractivity contribution is 5.86. The van der Waals surface area contributed by atoms with E-state index in [2.05, 4.69) is 30.7 Å². The summed E-state index contributed by atoms with van der Waals surface area (Å²) in [6.07, 6.45) is 2.76. The van der Waals surface area contributed by atoms with Crippen LogP contribution in [0.1, 0.15) is 30.5 Å². The molecule has 0 aliphatic carbocycles. The van der Waals surface area contributed by atoms with E-state index in [1.54, 1.807) is 7.11 Å². The molecule has 1 heterocycles. The predicted molar refractivity (Wildman–Crippen MR) is 79.4 cm³/mol. The largest absolute Gasteiger partial charge is 0.497 e. The second-order valence-electron chi connectivity index (χ2n) is 5.11. The summed E-state index contributed by atoms with van der Waals surface area (Å²) in [5.41, 5.74) is 3.73. The van der Waals surface area contributed by atoms with E-state index >= 15 is 0 Å². The summed E-state index contributed by atoms with van der Waals surface area (Å²) in [7, 11) is 3.73. The fraction of sp³-hybridized carbons (Fsp3) is 0.438. The van der Waals surface area contributed by atoms with Crippen molar-refractivity contribution in [3.8, 4) is 5.75 Å². The molecule has 1 N–H and O–H groups in total. The van der Waals surface area contributed by atoms with Crippen molar-refractivity contribution in [1.82, 2.24) is 4.57 Å². The fourth-order valence-electron chi connectivity index (χ4n) is 2.65. The van der Waals surface area contributed by atoms with Gasteiger partial charge in [0.05, 0.1) is 7.11 Å². The number of hydrogen-bond acceptors (Lipinski definition) is 2. The molecule has 0 aliphatic rings. The van der Waals surface area contributed by atoms with Crippen LogP contribution in [0.2, 0.25) is 0 Å². The van der Waals surface area contributed by atoms with Gasteiger partial charge in [0.15, 0.2) is 0 Å². The minimum absolute atomic E-state index is 0.243. The maximum atomic E-state index is 10.6. The summed E-state index contributed by atoms with van der Waals surface area (Å²) in [4.78, 5) is 10.6. The average Bonchev–Trinajstić information content (AvgIpc) is 2.67. The first-order valence-corrected chi connectivity index (χ1v) is 6.88. The zero-order valence-electron chi connectivity index (χ0n) is 12.3. The lowest BCUT2D eigenvalue weighted by atomic mass is 10.0. The van der Waals surface area contributed by atoms with Gasteiger partial charge in [0, 0.05) is 30.1 Å².